The lowest BCUT2D eigenvalue weighted by Crippen LogP contribution is -2.49. The Labute approximate surface area is 200 Å². The Kier molecular flexibility index (Phi) is 6.25. The van der Waals surface area contributed by atoms with Crippen LogP contribution in [0.2, 0.25) is 0 Å². The molecule has 3 aromatic rings. The number of benzene rings is 1. The van der Waals surface area contributed by atoms with Gasteiger partial charge in [0.25, 0.3) is 11.1 Å². The third-order valence-electron chi connectivity index (χ3n) is 6.31. The fourth-order valence-electron chi connectivity index (χ4n) is 4.52. The van der Waals surface area contributed by atoms with Crippen molar-refractivity contribution in [1.82, 2.24) is 15.1 Å². The van der Waals surface area contributed by atoms with Crippen molar-refractivity contribution in [2.24, 2.45) is 5.92 Å². The van der Waals surface area contributed by atoms with Crippen LogP contribution < -0.4 is 0 Å². The molecular formula is C24H25N3O4S2. The highest BCUT2D eigenvalue weighted by atomic mass is 32.2. The molecule has 172 valence electrons. The van der Waals surface area contributed by atoms with Gasteiger partial charge in [0.2, 0.25) is 5.91 Å². The minimum absolute atomic E-state index is 0.107. The van der Waals surface area contributed by atoms with Crippen LogP contribution in [-0.4, -0.2) is 45.9 Å². The molecule has 1 aromatic carbocycles. The summed E-state index contributed by atoms with van der Waals surface area (Å²) in [6, 6.07) is 9.40. The van der Waals surface area contributed by atoms with Gasteiger partial charge in [-0.15, -0.1) is 21.5 Å². The molecule has 1 amide bonds. The highest BCUT2D eigenvalue weighted by Crippen LogP contribution is 2.37. The second-order valence-electron chi connectivity index (χ2n) is 8.60. The molecule has 1 aliphatic heterocycles. The zero-order valence-corrected chi connectivity index (χ0v) is 20.2. The van der Waals surface area contributed by atoms with Crippen LogP contribution >= 0.6 is 23.1 Å². The van der Waals surface area contributed by atoms with Gasteiger partial charge >= 0.3 is 5.97 Å². The average molecular weight is 484 g/mol. The number of thiophene rings is 1. The standard InChI is InChI=1S/C24H25N3O4S2/c1-14-7-8-19-17(9-14)11-20(33-19)22-25-26-24(31-22)32-13-21(28)27-12-16-6-4-3-5-15(16)10-18(27)23(29)30-2/h3-6,11,14,18H,7-10,12-13H2,1-2H3. The zero-order chi connectivity index (χ0) is 22.9. The number of rotatable bonds is 5. The van der Waals surface area contributed by atoms with E-state index in [4.69, 9.17) is 9.15 Å². The summed E-state index contributed by atoms with van der Waals surface area (Å²) in [5, 5.41) is 8.68. The summed E-state index contributed by atoms with van der Waals surface area (Å²) in [5.41, 5.74) is 3.50. The lowest BCUT2D eigenvalue weighted by molar-refractivity contribution is -0.153. The first-order chi connectivity index (χ1) is 16.0. The molecule has 0 fully saturated rings. The van der Waals surface area contributed by atoms with Gasteiger partial charge < -0.3 is 14.1 Å². The Morgan fingerprint density at radius 1 is 1.21 bits per heavy atom. The van der Waals surface area contributed by atoms with E-state index in [0.717, 1.165) is 28.8 Å². The maximum atomic E-state index is 13.1. The second kappa shape index (κ2) is 9.30. The molecule has 0 bridgehead atoms. The van der Waals surface area contributed by atoms with Crippen LogP contribution in [0.3, 0.4) is 0 Å². The minimum Gasteiger partial charge on any atom is -0.467 e. The number of ether oxygens (including phenoxy) is 1. The van der Waals surface area contributed by atoms with Crippen molar-refractivity contribution in [2.45, 2.75) is 50.4 Å². The molecule has 33 heavy (non-hydrogen) atoms. The average Bonchev–Trinajstić information content (AvgIpc) is 3.47. The van der Waals surface area contributed by atoms with Crippen molar-refractivity contribution in [1.29, 1.82) is 0 Å². The lowest BCUT2D eigenvalue weighted by Gasteiger charge is -2.35. The number of hydrogen-bond donors (Lipinski definition) is 0. The number of thioether (sulfide) groups is 1. The predicted molar refractivity (Wildman–Crippen MR) is 126 cm³/mol. The molecule has 2 atom stereocenters. The molecule has 2 unspecified atom stereocenters. The van der Waals surface area contributed by atoms with Crippen LogP contribution in [0.1, 0.15) is 34.9 Å². The largest absolute Gasteiger partial charge is 0.467 e. The van der Waals surface area contributed by atoms with Crippen molar-refractivity contribution in [3.8, 4) is 10.8 Å². The summed E-state index contributed by atoms with van der Waals surface area (Å²) < 4.78 is 10.8. The third-order valence-corrected chi connectivity index (χ3v) is 8.34. The van der Waals surface area contributed by atoms with Crippen LogP contribution in [0.5, 0.6) is 0 Å². The summed E-state index contributed by atoms with van der Waals surface area (Å²) in [5.74, 6) is 0.742. The monoisotopic (exact) mass is 483 g/mol. The first-order valence-electron chi connectivity index (χ1n) is 11.0. The van der Waals surface area contributed by atoms with Crippen molar-refractivity contribution < 1.29 is 18.7 Å². The van der Waals surface area contributed by atoms with Crippen LogP contribution in [0.4, 0.5) is 0 Å². The summed E-state index contributed by atoms with van der Waals surface area (Å²) >= 11 is 2.91. The van der Waals surface area contributed by atoms with Gasteiger partial charge in [-0.25, -0.2) is 4.79 Å². The molecule has 3 heterocycles. The molecule has 9 heteroatoms. The van der Waals surface area contributed by atoms with Crippen LogP contribution in [0.15, 0.2) is 40.0 Å². The summed E-state index contributed by atoms with van der Waals surface area (Å²) in [6.07, 6.45) is 3.86. The van der Waals surface area contributed by atoms with E-state index in [2.05, 4.69) is 23.2 Å². The number of methoxy groups -OCH3 is 1. The normalized spacial score (nSPS) is 19.6. The van der Waals surface area contributed by atoms with E-state index >= 15 is 0 Å². The van der Waals surface area contributed by atoms with E-state index < -0.39 is 12.0 Å². The summed E-state index contributed by atoms with van der Waals surface area (Å²) in [6.45, 7) is 2.66. The van der Waals surface area contributed by atoms with Crippen molar-refractivity contribution >= 4 is 35.0 Å². The highest BCUT2D eigenvalue weighted by Gasteiger charge is 2.35. The fourth-order valence-corrected chi connectivity index (χ4v) is 6.30. The van der Waals surface area contributed by atoms with E-state index in [-0.39, 0.29) is 11.7 Å². The Morgan fingerprint density at radius 2 is 2.03 bits per heavy atom. The Balaban J connectivity index is 1.26. The van der Waals surface area contributed by atoms with E-state index in [9.17, 15) is 9.59 Å². The Bertz CT molecular complexity index is 1190. The van der Waals surface area contributed by atoms with Crippen LogP contribution in [0, 0.1) is 5.92 Å². The molecule has 0 saturated heterocycles. The van der Waals surface area contributed by atoms with Crippen LogP contribution in [0.25, 0.3) is 10.8 Å². The van der Waals surface area contributed by atoms with Gasteiger partial charge in [-0.1, -0.05) is 43.0 Å². The number of hydrogen-bond acceptors (Lipinski definition) is 8. The van der Waals surface area contributed by atoms with E-state index in [1.54, 1.807) is 16.2 Å². The summed E-state index contributed by atoms with van der Waals surface area (Å²) in [4.78, 5) is 29.4. The number of amides is 1. The molecule has 5 rings (SSSR count). The smallest absolute Gasteiger partial charge is 0.328 e. The lowest BCUT2D eigenvalue weighted by atomic mass is 9.90. The fraction of sp³-hybridized carbons (Fsp3) is 0.417. The van der Waals surface area contributed by atoms with E-state index in [0.29, 0.717) is 30.0 Å². The zero-order valence-electron chi connectivity index (χ0n) is 18.6. The van der Waals surface area contributed by atoms with Gasteiger partial charge in [0, 0.05) is 17.8 Å². The van der Waals surface area contributed by atoms with Crippen molar-refractivity contribution in [2.75, 3.05) is 12.9 Å². The van der Waals surface area contributed by atoms with Gasteiger partial charge in [0.1, 0.15) is 6.04 Å². The second-order valence-corrected chi connectivity index (χ2v) is 10.7. The maximum Gasteiger partial charge on any atom is 0.328 e. The van der Waals surface area contributed by atoms with Gasteiger partial charge in [-0.05, 0) is 47.9 Å². The molecule has 2 aliphatic rings. The summed E-state index contributed by atoms with van der Waals surface area (Å²) in [7, 11) is 1.35. The minimum atomic E-state index is -0.629. The Morgan fingerprint density at radius 3 is 2.85 bits per heavy atom. The molecule has 2 aromatic heterocycles. The number of esters is 1. The molecule has 0 spiro atoms. The number of aryl methyl sites for hydroxylation is 1. The van der Waals surface area contributed by atoms with Gasteiger partial charge in [-0.2, -0.15) is 0 Å². The first-order valence-corrected chi connectivity index (χ1v) is 12.8. The number of nitrogens with zero attached hydrogens (tertiary/aromatic N) is 3. The quantitative estimate of drug-likeness (QED) is 0.398. The molecule has 0 saturated carbocycles. The predicted octanol–water partition coefficient (Wildman–Crippen LogP) is 4.14. The topological polar surface area (TPSA) is 85.5 Å². The Hall–Kier alpha value is -2.65. The number of aromatic nitrogens is 2. The first kappa shape index (κ1) is 22.2. The number of fused-ring (bicyclic) bond motifs is 2. The molecule has 0 N–H and O–H groups in total. The van der Waals surface area contributed by atoms with E-state index in [1.807, 2.05) is 24.3 Å². The SMILES string of the molecule is COC(=O)C1Cc2ccccc2CN1C(=O)CSc1nnc(-c2cc3c(s2)CCC(C)C3)o1. The number of carbonyl (C=O) groups excluding carboxylic acids is 2. The van der Waals surface area contributed by atoms with Crippen LogP contribution in [-0.2, 0) is 40.1 Å². The maximum absolute atomic E-state index is 13.1. The van der Waals surface area contributed by atoms with Gasteiger partial charge in [-0.3, -0.25) is 4.79 Å². The van der Waals surface area contributed by atoms with Crippen molar-refractivity contribution in [3.05, 3.63) is 51.9 Å². The van der Waals surface area contributed by atoms with Crippen molar-refractivity contribution in [3.63, 3.8) is 0 Å². The molecule has 7 nitrogen and oxygen atoms in total. The molecular weight excluding hydrogens is 458 g/mol. The highest BCUT2D eigenvalue weighted by molar-refractivity contribution is 7.99. The third kappa shape index (κ3) is 4.56. The van der Waals surface area contributed by atoms with Gasteiger partial charge in [0.15, 0.2) is 0 Å². The molecule has 0 radical (unpaired) electrons. The number of carbonyl (C=O) groups is 2. The van der Waals surface area contributed by atoms with E-state index in [1.165, 1.54) is 35.7 Å². The molecule has 1 aliphatic carbocycles. The van der Waals surface area contributed by atoms with Gasteiger partial charge in [0.05, 0.1) is 17.7 Å².